The number of fused-ring (bicyclic) bond motifs is 14. The van der Waals surface area contributed by atoms with Crippen molar-refractivity contribution in [2.75, 3.05) is 0 Å². The summed E-state index contributed by atoms with van der Waals surface area (Å²) in [6.07, 6.45) is 0. The lowest BCUT2D eigenvalue weighted by Gasteiger charge is -2.13. The van der Waals surface area contributed by atoms with E-state index in [1.807, 2.05) is 0 Å². The van der Waals surface area contributed by atoms with Crippen LogP contribution in [0.5, 0.6) is 0 Å². The Morgan fingerprint density at radius 3 is 0.429 bits per heavy atom. The maximum Gasteiger partial charge on any atom is -0.00264 e. The molecule has 0 spiro atoms. The normalized spacial score (nSPS) is 11.6. The van der Waals surface area contributed by atoms with Gasteiger partial charge in [-0.05, 0) is 108 Å². The Balaban J connectivity index is 0.0000000975. The van der Waals surface area contributed by atoms with Gasteiger partial charge in [-0.15, -0.1) is 0 Å². The summed E-state index contributed by atoms with van der Waals surface area (Å²) in [5.74, 6) is 0. The van der Waals surface area contributed by atoms with Crippen LogP contribution in [0.4, 0.5) is 0 Å². The second kappa shape index (κ2) is 13.2. The molecule has 260 valence electrons. The van der Waals surface area contributed by atoms with Crippen LogP contribution in [0.15, 0.2) is 218 Å². The molecular weight excluding hydrogens is 673 g/mol. The van der Waals surface area contributed by atoms with Gasteiger partial charge in [0.05, 0.1) is 0 Å². The number of hydrogen-bond acceptors (Lipinski definition) is 0. The zero-order valence-electron chi connectivity index (χ0n) is 30.8. The highest BCUT2D eigenvalue weighted by molar-refractivity contribution is 6.33. The second-order valence-electron chi connectivity index (χ2n) is 14.7. The molecular formula is C56H36. The molecule has 13 aromatic rings. The van der Waals surface area contributed by atoms with Gasteiger partial charge in [0.2, 0.25) is 0 Å². The van der Waals surface area contributed by atoms with E-state index in [0.717, 1.165) is 0 Å². The van der Waals surface area contributed by atoms with Gasteiger partial charge in [-0.2, -0.15) is 0 Å². The predicted molar refractivity (Wildman–Crippen MR) is 246 cm³/mol. The molecule has 0 aliphatic rings. The van der Waals surface area contributed by atoms with Crippen molar-refractivity contribution in [2.45, 2.75) is 0 Å². The lowest BCUT2D eigenvalue weighted by atomic mass is 9.90. The Kier molecular flexibility index (Phi) is 7.60. The zero-order valence-corrected chi connectivity index (χ0v) is 30.8. The molecule has 0 nitrogen and oxygen atoms in total. The van der Waals surface area contributed by atoms with Crippen molar-refractivity contribution in [3.8, 4) is 0 Å². The summed E-state index contributed by atoms with van der Waals surface area (Å²) in [5.41, 5.74) is 0. The van der Waals surface area contributed by atoms with Crippen molar-refractivity contribution < 1.29 is 0 Å². The molecule has 0 saturated heterocycles. The highest BCUT2D eigenvalue weighted by Crippen LogP contribution is 2.40. The molecule has 0 bridgehead atoms. The highest BCUT2D eigenvalue weighted by Gasteiger charge is 2.12. The SMILES string of the molecule is c1cc2cccc3c4cccc5cccc(c(c1)c23)c54.c1ccc2c(c1)c1ccccc1c1ccccc21.c1ccc2c(c1)c1ccccc1c1ccccc21. The van der Waals surface area contributed by atoms with Gasteiger partial charge in [-0.3, -0.25) is 0 Å². The quantitative estimate of drug-likeness (QED) is 0.109. The van der Waals surface area contributed by atoms with Crippen molar-refractivity contribution >= 4 is 108 Å². The van der Waals surface area contributed by atoms with Gasteiger partial charge in [-0.1, -0.05) is 218 Å². The molecule has 13 aromatic carbocycles. The molecule has 0 amide bonds. The summed E-state index contributed by atoms with van der Waals surface area (Å²) < 4.78 is 0. The molecule has 0 unspecified atom stereocenters. The minimum Gasteiger partial charge on any atom is -0.0616 e. The van der Waals surface area contributed by atoms with E-state index in [1.54, 1.807) is 0 Å². The number of rotatable bonds is 0. The fourth-order valence-electron chi connectivity index (χ4n) is 9.30. The summed E-state index contributed by atoms with van der Waals surface area (Å²) in [6, 6.07) is 78.4. The van der Waals surface area contributed by atoms with Crippen LogP contribution in [0, 0.1) is 0 Å². The van der Waals surface area contributed by atoms with Crippen molar-refractivity contribution in [3.05, 3.63) is 218 Å². The van der Waals surface area contributed by atoms with Crippen LogP contribution in [0.1, 0.15) is 0 Å². The van der Waals surface area contributed by atoms with Crippen molar-refractivity contribution in [2.24, 2.45) is 0 Å². The molecule has 0 heterocycles. The van der Waals surface area contributed by atoms with Gasteiger partial charge < -0.3 is 0 Å². The number of benzene rings is 13. The third-order valence-electron chi connectivity index (χ3n) is 11.7. The fraction of sp³-hybridized carbons (Fsp3) is 0. The predicted octanol–water partition coefficient (Wildman–Crippen LogP) is 16.0. The molecule has 13 rings (SSSR count). The Labute approximate surface area is 324 Å². The van der Waals surface area contributed by atoms with Gasteiger partial charge in [0.15, 0.2) is 0 Å². The minimum absolute atomic E-state index is 1.33. The first kappa shape index (κ1) is 32.2. The molecule has 0 saturated carbocycles. The molecule has 0 fully saturated rings. The maximum absolute atomic E-state index is 2.25. The minimum atomic E-state index is 1.33. The van der Waals surface area contributed by atoms with Crippen molar-refractivity contribution in [1.29, 1.82) is 0 Å². The lowest BCUT2D eigenvalue weighted by Crippen LogP contribution is -1.85. The van der Waals surface area contributed by atoms with Gasteiger partial charge in [-0.25, -0.2) is 0 Å². The molecule has 56 heavy (non-hydrogen) atoms. The van der Waals surface area contributed by atoms with Gasteiger partial charge in [0.1, 0.15) is 0 Å². The van der Waals surface area contributed by atoms with Crippen LogP contribution < -0.4 is 0 Å². The van der Waals surface area contributed by atoms with Crippen molar-refractivity contribution in [3.63, 3.8) is 0 Å². The summed E-state index contributed by atoms with van der Waals surface area (Å²) in [5, 5.41) is 27.0. The highest BCUT2D eigenvalue weighted by atomic mass is 14.1. The average molecular weight is 709 g/mol. The van der Waals surface area contributed by atoms with E-state index in [0.29, 0.717) is 0 Å². The average Bonchev–Trinajstić information content (AvgIpc) is 3.29. The Morgan fingerprint density at radius 2 is 0.268 bits per heavy atom. The smallest absolute Gasteiger partial charge is 0.00264 e. The Bertz CT molecular complexity index is 2830. The molecule has 0 aliphatic heterocycles. The first-order valence-corrected chi connectivity index (χ1v) is 19.4. The summed E-state index contributed by atoms with van der Waals surface area (Å²) >= 11 is 0. The van der Waals surface area contributed by atoms with E-state index in [-0.39, 0.29) is 0 Å². The first-order valence-electron chi connectivity index (χ1n) is 19.4. The molecule has 0 aromatic heterocycles. The van der Waals surface area contributed by atoms with Gasteiger partial charge >= 0.3 is 0 Å². The second-order valence-corrected chi connectivity index (χ2v) is 14.7. The fourth-order valence-corrected chi connectivity index (χ4v) is 9.30. The Hall–Kier alpha value is -7.28. The zero-order chi connectivity index (χ0) is 37.0. The summed E-state index contributed by atoms with van der Waals surface area (Å²) in [7, 11) is 0. The number of hydrogen-bond donors (Lipinski definition) is 0. The van der Waals surface area contributed by atoms with Crippen LogP contribution in [0.3, 0.4) is 0 Å². The van der Waals surface area contributed by atoms with E-state index in [4.69, 9.17) is 0 Å². The van der Waals surface area contributed by atoms with Crippen LogP contribution in [0.25, 0.3) is 108 Å². The van der Waals surface area contributed by atoms with Gasteiger partial charge in [0, 0.05) is 0 Å². The molecule has 0 N–H and O–H groups in total. The van der Waals surface area contributed by atoms with E-state index in [1.165, 1.54) is 108 Å². The van der Waals surface area contributed by atoms with E-state index in [9.17, 15) is 0 Å². The monoisotopic (exact) mass is 708 g/mol. The van der Waals surface area contributed by atoms with E-state index < -0.39 is 0 Å². The van der Waals surface area contributed by atoms with E-state index >= 15 is 0 Å². The van der Waals surface area contributed by atoms with Crippen LogP contribution in [0.2, 0.25) is 0 Å². The first-order chi connectivity index (χ1) is 27.8. The standard InChI is InChI=1S/C20H12.2C18H12/c1-5-13-6-2-11-17-18-12-4-8-14-7-3-10-16(20(14)18)15(9-1)19(13)17;2*1-2-8-14-13(7-1)15-9-3-4-11-17(15)18-12-6-5-10-16(14)18/h1-12H;2*1-12H. The molecule has 0 atom stereocenters. The largest absolute Gasteiger partial charge is 0.0616 e. The van der Waals surface area contributed by atoms with Crippen LogP contribution >= 0.6 is 0 Å². The third-order valence-corrected chi connectivity index (χ3v) is 11.7. The van der Waals surface area contributed by atoms with Gasteiger partial charge in [0.25, 0.3) is 0 Å². The summed E-state index contributed by atoms with van der Waals surface area (Å²) in [6.45, 7) is 0. The van der Waals surface area contributed by atoms with E-state index in [2.05, 4.69) is 218 Å². The molecule has 0 aliphatic carbocycles. The third kappa shape index (κ3) is 5.08. The van der Waals surface area contributed by atoms with Crippen LogP contribution in [-0.2, 0) is 0 Å². The van der Waals surface area contributed by atoms with Crippen molar-refractivity contribution in [1.82, 2.24) is 0 Å². The lowest BCUT2D eigenvalue weighted by molar-refractivity contribution is 1.77. The topological polar surface area (TPSA) is 0 Å². The molecule has 0 heteroatoms. The summed E-state index contributed by atoms with van der Waals surface area (Å²) in [4.78, 5) is 0. The van der Waals surface area contributed by atoms with Crippen LogP contribution in [-0.4, -0.2) is 0 Å². The maximum atomic E-state index is 2.25. The Morgan fingerprint density at radius 1 is 0.125 bits per heavy atom. The molecule has 0 radical (unpaired) electrons.